The summed E-state index contributed by atoms with van der Waals surface area (Å²) in [6.07, 6.45) is -4.84. The lowest BCUT2D eigenvalue weighted by Gasteiger charge is -2.33. The molecule has 2 aromatic carbocycles. The van der Waals surface area contributed by atoms with Crippen LogP contribution in [0, 0.1) is 0 Å². The molecule has 174 valence electrons. The normalized spacial score (nSPS) is 17.6. The molecule has 33 heavy (non-hydrogen) atoms. The highest BCUT2D eigenvalue weighted by atomic mass is 35.5. The summed E-state index contributed by atoms with van der Waals surface area (Å²) in [6.45, 7) is 0. The number of nitrogens with one attached hydrogen (secondary N) is 2. The third-order valence-corrected chi connectivity index (χ3v) is 5.59. The van der Waals surface area contributed by atoms with Gasteiger partial charge < -0.3 is 20.1 Å². The number of carbonyl (C=O) groups excluding carboxylic acids is 1. The number of fused-ring (bicyclic) bond motifs is 1. The molecule has 0 fully saturated rings. The fraction of sp³-hybridized carbons (Fsp3) is 0.273. The average molecular weight is 481 g/mol. The van der Waals surface area contributed by atoms with Gasteiger partial charge in [-0.05, 0) is 35.9 Å². The zero-order valence-corrected chi connectivity index (χ0v) is 18.4. The number of halogens is 4. The predicted octanol–water partition coefficient (Wildman–Crippen LogP) is 5.47. The fourth-order valence-electron chi connectivity index (χ4n) is 3.70. The van der Waals surface area contributed by atoms with Gasteiger partial charge in [-0.15, -0.1) is 0 Å². The van der Waals surface area contributed by atoms with Crippen LogP contribution in [0.3, 0.4) is 0 Å². The van der Waals surface area contributed by atoms with Crippen LogP contribution in [0.4, 0.5) is 24.7 Å². The van der Waals surface area contributed by atoms with E-state index in [1.807, 2.05) is 0 Å². The van der Waals surface area contributed by atoms with Crippen LogP contribution in [0.15, 0.2) is 48.5 Å². The van der Waals surface area contributed by atoms with Crippen molar-refractivity contribution < 1.29 is 27.4 Å². The van der Waals surface area contributed by atoms with Crippen LogP contribution >= 0.6 is 11.6 Å². The van der Waals surface area contributed by atoms with Crippen molar-refractivity contribution in [2.45, 2.75) is 24.7 Å². The molecule has 2 N–H and O–H groups in total. The summed E-state index contributed by atoms with van der Waals surface area (Å²) >= 11 is 5.98. The van der Waals surface area contributed by atoms with Crippen molar-refractivity contribution in [3.05, 3.63) is 64.8 Å². The second-order valence-electron chi connectivity index (χ2n) is 7.42. The zero-order valence-electron chi connectivity index (χ0n) is 17.6. The first-order valence-corrected chi connectivity index (χ1v) is 10.3. The molecule has 0 spiro atoms. The highest BCUT2D eigenvalue weighted by molar-refractivity contribution is 6.31. The number of anilines is 2. The first-order chi connectivity index (χ1) is 15.7. The number of nitrogens with zero attached hydrogens (tertiary/aromatic N) is 2. The molecule has 1 amide bonds. The van der Waals surface area contributed by atoms with E-state index in [0.29, 0.717) is 22.1 Å². The lowest BCUT2D eigenvalue weighted by Crippen LogP contribution is -2.35. The molecule has 0 unspecified atom stereocenters. The van der Waals surface area contributed by atoms with E-state index in [2.05, 4.69) is 15.7 Å². The van der Waals surface area contributed by atoms with Crippen molar-refractivity contribution in [3.63, 3.8) is 0 Å². The number of amides is 1. The third-order valence-electron chi connectivity index (χ3n) is 5.35. The molecule has 1 aliphatic heterocycles. The Morgan fingerprint density at radius 1 is 1.15 bits per heavy atom. The monoisotopic (exact) mass is 480 g/mol. The van der Waals surface area contributed by atoms with Crippen LogP contribution < -0.4 is 20.1 Å². The number of hydrogen-bond donors (Lipinski definition) is 2. The fourth-order valence-corrected chi connectivity index (χ4v) is 3.88. The van der Waals surface area contributed by atoms with Crippen LogP contribution in [0.2, 0.25) is 5.02 Å². The van der Waals surface area contributed by atoms with Gasteiger partial charge in [-0.3, -0.25) is 4.79 Å². The number of methoxy groups -OCH3 is 2. The molecule has 2 atom stereocenters. The summed E-state index contributed by atoms with van der Waals surface area (Å²) in [4.78, 5) is 12.8. The van der Waals surface area contributed by atoms with Gasteiger partial charge in [-0.25, -0.2) is 4.68 Å². The summed E-state index contributed by atoms with van der Waals surface area (Å²) in [6, 6.07) is 10.2. The number of hydrogen-bond acceptors (Lipinski definition) is 5. The number of carbonyl (C=O) groups is 1. The SMILES string of the molecule is COc1ccc([C@H]2C[C@@H](C(F)(F)F)n3nc(C(=O)Nc4cc(Cl)ccc4OC)cc3N2)cc1. The maximum absolute atomic E-state index is 13.9. The molecule has 11 heteroatoms. The Balaban J connectivity index is 1.64. The quantitative estimate of drug-likeness (QED) is 0.506. The molecule has 0 saturated heterocycles. The summed E-state index contributed by atoms with van der Waals surface area (Å²) in [7, 11) is 2.93. The first kappa shape index (κ1) is 22.8. The lowest BCUT2D eigenvalue weighted by molar-refractivity contribution is -0.173. The molecule has 1 aliphatic rings. The van der Waals surface area contributed by atoms with Crippen LogP contribution in [0.1, 0.15) is 34.6 Å². The van der Waals surface area contributed by atoms with Crippen molar-refractivity contribution in [3.8, 4) is 11.5 Å². The minimum atomic E-state index is -4.56. The van der Waals surface area contributed by atoms with E-state index in [-0.39, 0.29) is 23.6 Å². The zero-order chi connectivity index (χ0) is 23.8. The van der Waals surface area contributed by atoms with Gasteiger partial charge in [0.05, 0.1) is 25.9 Å². The number of alkyl halides is 3. The minimum Gasteiger partial charge on any atom is -0.497 e. The topological polar surface area (TPSA) is 77.4 Å². The second kappa shape index (κ2) is 8.86. The van der Waals surface area contributed by atoms with Crippen LogP contribution in [0.5, 0.6) is 11.5 Å². The first-order valence-electron chi connectivity index (χ1n) is 9.91. The van der Waals surface area contributed by atoms with Gasteiger partial charge in [0.15, 0.2) is 11.7 Å². The van der Waals surface area contributed by atoms with E-state index in [9.17, 15) is 18.0 Å². The number of aromatic nitrogens is 2. The summed E-state index contributed by atoms with van der Waals surface area (Å²) in [5, 5.41) is 9.96. The van der Waals surface area contributed by atoms with Crippen LogP contribution in [0.25, 0.3) is 0 Å². The standard InChI is InChI=1S/C22H20ClF3N4O3/c1-32-14-6-3-12(4-7-14)15-10-19(22(24,25)26)30-20(27-15)11-17(29-30)21(31)28-16-9-13(23)5-8-18(16)33-2/h3-9,11,15,19,27H,10H2,1-2H3,(H,28,31)/t15-,19+/m1/s1. The Kier molecular flexibility index (Phi) is 6.11. The highest BCUT2D eigenvalue weighted by Gasteiger charge is 2.46. The van der Waals surface area contributed by atoms with Gasteiger partial charge in [-0.1, -0.05) is 23.7 Å². The molecule has 0 saturated carbocycles. The van der Waals surface area contributed by atoms with Crippen molar-refractivity contribution in [2.75, 3.05) is 24.9 Å². The number of benzene rings is 2. The smallest absolute Gasteiger partial charge is 0.410 e. The molecule has 0 bridgehead atoms. The van der Waals surface area contributed by atoms with Crippen molar-refractivity contribution in [1.82, 2.24) is 9.78 Å². The summed E-state index contributed by atoms with van der Waals surface area (Å²) in [5.74, 6) is 0.346. The summed E-state index contributed by atoms with van der Waals surface area (Å²) in [5.41, 5.74) is 0.758. The maximum atomic E-state index is 13.9. The Hall–Kier alpha value is -3.40. The van der Waals surface area contributed by atoms with Gasteiger partial charge >= 0.3 is 6.18 Å². The van der Waals surface area contributed by atoms with E-state index in [1.165, 1.54) is 26.4 Å². The molecule has 2 heterocycles. The second-order valence-corrected chi connectivity index (χ2v) is 7.86. The molecule has 1 aromatic heterocycles. The Labute approximate surface area is 192 Å². The van der Waals surface area contributed by atoms with Crippen molar-refractivity contribution >= 4 is 29.0 Å². The van der Waals surface area contributed by atoms with E-state index >= 15 is 0 Å². The summed E-state index contributed by atoms with van der Waals surface area (Å²) < 4.78 is 52.8. The van der Waals surface area contributed by atoms with Crippen molar-refractivity contribution in [1.29, 1.82) is 0 Å². The van der Waals surface area contributed by atoms with Crippen LogP contribution in [-0.4, -0.2) is 36.1 Å². The lowest BCUT2D eigenvalue weighted by atomic mass is 9.97. The molecule has 0 aliphatic carbocycles. The predicted molar refractivity (Wildman–Crippen MR) is 117 cm³/mol. The third kappa shape index (κ3) is 4.70. The number of rotatable bonds is 5. The minimum absolute atomic E-state index is 0.0904. The Bertz CT molecular complexity index is 1160. The van der Waals surface area contributed by atoms with E-state index in [4.69, 9.17) is 21.1 Å². The van der Waals surface area contributed by atoms with Gasteiger partial charge in [-0.2, -0.15) is 18.3 Å². The van der Waals surface area contributed by atoms with Crippen LogP contribution in [-0.2, 0) is 0 Å². The van der Waals surface area contributed by atoms with Gasteiger partial charge in [0.2, 0.25) is 0 Å². The van der Waals surface area contributed by atoms with Gasteiger partial charge in [0, 0.05) is 17.5 Å². The molecular formula is C22H20ClF3N4O3. The molecular weight excluding hydrogens is 461 g/mol. The average Bonchev–Trinajstić information content (AvgIpc) is 3.22. The maximum Gasteiger partial charge on any atom is 0.410 e. The largest absolute Gasteiger partial charge is 0.497 e. The van der Waals surface area contributed by atoms with E-state index in [0.717, 1.165) is 4.68 Å². The van der Waals surface area contributed by atoms with E-state index < -0.39 is 24.2 Å². The van der Waals surface area contributed by atoms with E-state index in [1.54, 1.807) is 36.4 Å². The Morgan fingerprint density at radius 3 is 2.52 bits per heavy atom. The highest BCUT2D eigenvalue weighted by Crippen LogP contribution is 2.44. The molecule has 4 rings (SSSR count). The van der Waals surface area contributed by atoms with Gasteiger partial charge in [0.25, 0.3) is 5.91 Å². The van der Waals surface area contributed by atoms with Crippen molar-refractivity contribution in [2.24, 2.45) is 0 Å². The molecule has 3 aromatic rings. The molecule has 7 nitrogen and oxygen atoms in total. The Morgan fingerprint density at radius 2 is 1.88 bits per heavy atom. The van der Waals surface area contributed by atoms with Gasteiger partial charge in [0.1, 0.15) is 17.3 Å². The number of ether oxygens (including phenoxy) is 2. The molecule has 0 radical (unpaired) electrons.